The van der Waals surface area contributed by atoms with E-state index in [1.165, 1.54) is 0 Å². The van der Waals surface area contributed by atoms with Crippen LogP contribution in [0.25, 0.3) is 0 Å². The number of aryl methyl sites for hydroxylation is 1. The van der Waals surface area contributed by atoms with E-state index in [9.17, 15) is 9.59 Å². The second-order valence-corrected chi connectivity index (χ2v) is 6.87. The number of halogens is 1. The first kappa shape index (κ1) is 14.6. The van der Waals surface area contributed by atoms with Gasteiger partial charge in [0, 0.05) is 22.6 Å². The second kappa shape index (κ2) is 5.79. The van der Waals surface area contributed by atoms with Gasteiger partial charge in [0.2, 0.25) is 5.91 Å². The SMILES string of the molecule is Cc1cc(Br)cc(C(=O)N2CCCC2C(=O)NC2CC2)c1. The fraction of sp³-hybridized carbons (Fsp3) is 0.500. The summed E-state index contributed by atoms with van der Waals surface area (Å²) >= 11 is 3.42. The van der Waals surface area contributed by atoms with Crippen LogP contribution in [0, 0.1) is 6.92 Å². The molecule has 1 unspecified atom stereocenters. The zero-order valence-electron chi connectivity index (χ0n) is 12.1. The van der Waals surface area contributed by atoms with Gasteiger partial charge in [-0.1, -0.05) is 15.9 Å². The highest BCUT2D eigenvalue weighted by Gasteiger charge is 2.36. The third kappa shape index (κ3) is 3.28. The molecule has 1 saturated heterocycles. The molecule has 1 heterocycles. The Kier molecular flexibility index (Phi) is 4.02. The molecule has 0 spiro atoms. The van der Waals surface area contributed by atoms with Gasteiger partial charge in [0.1, 0.15) is 6.04 Å². The van der Waals surface area contributed by atoms with Crippen molar-refractivity contribution in [3.8, 4) is 0 Å². The Bertz CT molecular complexity index is 563. The third-order valence-electron chi connectivity index (χ3n) is 4.03. The Balaban J connectivity index is 1.77. The van der Waals surface area contributed by atoms with Crippen LogP contribution in [-0.4, -0.2) is 35.3 Å². The molecular formula is C16H19BrN2O2. The Morgan fingerprint density at radius 2 is 2.00 bits per heavy atom. The standard InChI is InChI=1S/C16H19BrN2O2/c1-10-7-11(9-12(17)8-10)16(21)19-6-2-3-14(19)15(20)18-13-4-5-13/h7-9,13-14H,2-6H2,1H3,(H,18,20). The highest BCUT2D eigenvalue weighted by Crippen LogP contribution is 2.25. The van der Waals surface area contributed by atoms with Crippen LogP contribution >= 0.6 is 15.9 Å². The number of nitrogens with one attached hydrogen (secondary N) is 1. The lowest BCUT2D eigenvalue weighted by atomic mass is 10.1. The van der Waals surface area contributed by atoms with Crippen molar-refractivity contribution in [2.24, 2.45) is 0 Å². The second-order valence-electron chi connectivity index (χ2n) is 5.96. The fourth-order valence-electron chi connectivity index (χ4n) is 2.83. The molecule has 2 amide bonds. The predicted octanol–water partition coefficient (Wildman–Crippen LogP) is 2.64. The molecule has 2 aliphatic rings. The summed E-state index contributed by atoms with van der Waals surface area (Å²) in [5, 5.41) is 3.01. The van der Waals surface area contributed by atoms with Gasteiger partial charge in [-0.3, -0.25) is 9.59 Å². The number of likely N-dealkylation sites (tertiary alicyclic amines) is 1. The predicted molar refractivity (Wildman–Crippen MR) is 84.1 cm³/mol. The maximum absolute atomic E-state index is 12.7. The average Bonchev–Trinajstić information content (AvgIpc) is 3.09. The molecule has 1 N–H and O–H groups in total. The highest BCUT2D eigenvalue weighted by molar-refractivity contribution is 9.10. The zero-order chi connectivity index (χ0) is 15.0. The van der Waals surface area contributed by atoms with E-state index in [0.29, 0.717) is 18.2 Å². The van der Waals surface area contributed by atoms with E-state index in [1.54, 1.807) is 4.90 Å². The molecule has 2 fully saturated rings. The van der Waals surface area contributed by atoms with Crippen molar-refractivity contribution in [3.63, 3.8) is 0 Å². The molecule has 3 rings (SSSR count). The van der Waals surface area contributed by atoms with Gasteiger partial charge in [-0.05, 0) is 56.4 Å². The van der Waals surface area contributed by atoms with E-state index >= 15 is 0 Å². The number of benzene rings is 1. The normalized spacial score (nSPS) is 21.4. The largest absolute Gasteiger partial charge is 0.352 e. The molecule has 1 aromatic rings. The van der Waals surface area contributed by atoms with Gasteiger partial charge >= 0.3 is 0 Å². The first-order valence-corrected chi connectivity index (χ1v) is 8.22. The number of hydrogen-bond donors (Lipinski definition) is 1. The summed E-state index contributed by atoms with van der Waals surface area (Å²) in [7, 11) is 0. The Hall–Kier alpha value is -1.36. The van der Waals surface area contributed by atoms with Crippen molar-refractivity contribution < 1.29 is 9.59 Å². The van der Waals surface area contributed by atoms with E-state index in [0.717, 1.165) is 35.7 Å². The van der Waals surface area contributed by atoms with Crippen LogP contribution in [-0.2, 0) is 4.79 Å². The van der Waals surface area contributed by atoms with Gasteiger partial charge < -0.3 is 10.2 Å². The van der Waals surface area contributed by atoms with E-state index in [-0.39, 0.29) is 17.9 Å². The molecule has 0 bridgehead atoms. The van der Waals surface area contributed by atoms with Crippen molar-refractivity contribution in [2.75, 3.05) is 6.54 Å². The van der Waals surface area contributed by atoms with Crippen LogP contribution < -0.4 is 5.32 Å². The van der Waals surface area contributed by atoms with Crippen LogP contribution in [0.5, 0.6) is 0 Å². The number of nitrogens with zero attached hydrogens (tertiary/aromatic N) is 1. The van der Waals surface area contributed by atoms with Crippen molar-refractivity contribution in [1.82, 2.24) is 10.2 Å². The zero-order valence-corrected chi connectivity index (χ0v) is 13.6. The Labute approximate surface area is 133 Å². The lowest BCUT2D eigenvalue weighted by Gasteiger charge is -2.24. The van der Waals surface area contributed by atoms with E-state index in [4.69, 9.17) is 0 Å². The van der Waals surface area contributed by atoms with Gasteiger partial charge in [-0.25, -0.2) is 0 Å². The van der Waals surface area contributed by atoms with Crippen molar-refractivity contribution in [2.45, 2.75) is 44.7 Å². The molecule has 0 radical (unpaired) electrons. The molecular weight excluding hydrogens is 332 g/mol. The monoisotopic (exact) mass is 350 g/mol. The minimum absolute atomic E-state index is 0.00932. The van der Waals surface area contributed by atoms with Crippen LogP contribution in [0.3, 0.4) is 0 Å². The van der Waals surface area contributed by atoms with E-state index < -0.39 is 0 Å². The smallest absolute Gasteiger partial charge is 0.254 e. The minimum Gasteiger partial charge on any atom is -0.352 e. The molecule has 1 atom stereocenters. The summed E-state index contributed by atoms with van der Waals surface area (Å²) < 4.78 is 0.893. The molecule has 1 aliphatic heterocycles. The summed E-state index contributed by atoms with van der Waals surface area (Å²) in [5.41, 5.74) is 1.68. The van der Waals surface area contributed by atoms with Gasteiger partial charge in [0.05, 0.1) is 0 Å². The maximum Gasteiger partial charge on any atom is 0.254 e. The molecule has 1 saturated carbocycles. The molecule has 112 valence electrons. The molecule has 0 aromatic heterocycles. The Morgan fingerprint density at radius 1 is 1.24 bits per heavy atom. The summed E-state index contributed by atoms with van der Waals surface area (Å²) in [4.78, 5) is 26.7. The Morgan fingerprint density at radius 3 is 2.67 bits per heavy atom. The third-order valence-corrected chi connectivity index (χ3v) is 4.49. The topological polar surface area (TPSA) is 49.4 Å². The lowest BCUT2D eigenvalue weighted by Crippen LogP contribution is -2.46. The van der Waals surface area contributed by atoms with Gasteiger partial charge in [0.25, 0.3) is 5.91 Å². The van der Waals surface area contributed by atoms with Gasteiger partial charge in [-0.15, -0.1) is 0 Å². The number of rotatable bonds is 3. The average molecular weight is 351 g/mol. The summed E-state index contributed by atoms with van der Waals surface area (Å²) in [6, 6.07) is 5.70. The summed E-state index contributed by atoms with van der Waals surface area (Å²) in [5.74, 6) is -0.0390. The summed E-state index contributed by atoms with van der Waals surface area (Å²) in [6.07, 6.45) is 3.78. The highest BCUT2D eigenvalue weighted by atomic mass is 79.9. The molecule has 21 heavy (non-hydrogen) atoms. The van der Waals surface area contributed by atoms with Crippen molar-refractivity contribution in [1.29, 1.82) is 0 Å². The van der Waals surface area contributed by atoms with Gasteiger partial charge in [0.15, 0.2) is 0 Å². The molecule has 5 heteroatoms. The first-order valence-electron chi connectivity index (χ1n) is 7.43. The molecule has 1 aliphatic carbocycles. The van der Waals surface area contributed by atoms with Crippen LogP contribution in [0.1, 0.15) is 41.6 Å². The number of hydrogen-bond acceptors (Lipinski definition) is 2. The van der Waals surface area contributed by atoms with Crippen LogP contribution in [0.15, 0.2) is 22.7 Å². The first-order chi connectivity index (χ1) is 10.0. The lowest BCUT2D eigenvalue weighted by molar-refractivity contribution is -0.125. The maximum atomic E-state index is 12.7. The van der Waals surface area contributed by atoms with Crippen molar-refractivity contribution >= 4 is 27.7 Å². The quantitative estimate of drug-likeness (QED) is 0.910. The number of carbonyl (C=O) groups is 2. The molecule has 1 aromatic carbocycles. The minimum atomic E-state index is -0.308. The number of carbonyl (C=O) groups excluding carboxylic acids is 2. The van der Waals surface area contributed by atoms with Crippen molar-refractivity contribution in [3.05, 3.63) is 33.8 Å². The van der Waals surface area contributed by atoms with Crippen LogP contribution in [0.2, 0.25) is 0 Å². The van der Waals surface area contributed by atoms with Gasteiger partial charge in [-0.2, -0.15) is 0 Å². The number of amides is 2. The fourth-order valence-corrected chi connectivity index (χ4v) is 3.44. The van der Waals surface area contributed by atoms with Crippen LogP contribution in [0.4, 0.5) is 0 Å². The van der Waals surface area contributed by atoms with E-state index in [2.05, 4.69) is 21.2 Å². The summed E-state index contributed by atoms with van der Waals surface area (Å²) in [6.45, 7) is 2.62. The molecule has 4 nitrogen and oxygen atoms in total. The van der Waals surface area contributed by atoms with E-state index in [1.807, 2.05) is 25.1 Å².